The lowest BCUT2D eigenvalue weighted by atomic mass is 10.1. The number of carbonyl (C=O) groups excluding carboxylic acids is 2. The van der Waals surface area contributed by atoms with Crippen LogP contribution in [-0.2, 0) is 4.79 Å². The molecule has 1 aliphatic heterocycles. The van der Waals surface area contributed by atoms with E-state index in [1.807, 2.05) is 0 Å². The van der Waals surface area contributed by atoms with E-state index < -0.39 is 0 Å². The standard InChI is InChI=1S/C10H16N2O2/c1-2-3-4-8-9(13)12(7-5-6-7)10(14)11-8/h7-8H,2-6H2,1H3,(H,11,14). The highest BCUT2D eigenvalue weighted by Crippen LogP contribution is 2.30. The minimum Gasteiger partial charge on any atom is -0.326 e. The third-order valence-electron chi connectivity index (χ3n) is 2.81. The van der Waals surface area contributed by atoms with E-state index in [0.717, 1.165) is 32.1 Å². The van der Waals surface area contributed by atoms with Crippen LogP contribution in [0.15, 0.2) is 0 Å². The molecule has 0 aromatic heterocycles. The minimum absolute atomic E-state index is 0.00838. The van der Waals surface area contributed by atoms with E-state index in [1.54, 1.807) is 0 Å². The Morgan fingerprint density at radius 1 is 1.43 bits per heavy atom. The Balaban J connectivity index is 1.96. The van der Waals surface area contributed by atoms with Crippen LogP contribution < -0.4 is 5.32 Å². The fourth-order valence-corrected chi connectivity index (χ4v) is 1.83. The van der Waals surface area contributed by atoms with Crippen molar-refractivity contribution in [2.45, 2.75) is 51.1 Å². The second kappa shape index (κ2) is 3.59. The van der Waals surface area contributed by atoms with E-state index in [0.29, 0.717) is 0 Å². The van der Waals surface area contributed by atoms with Gasteiger partial charge in [0.1, 0.15) is 6.04 Å². The highest BCUT2D eigenvalue weighted by molar-refractivity contribution is 6.04. The average Bonchev–Trinajstić information content (AvgIpc) is 2.92. The van der Waals surface area contributed by atoms with Gasteiger partial charge in [-0.25, -0.2) is 4.79 Å². The van der Waals surface area contributed by atoms with Gasteiger partial charge in [-0.3, -0.25) is 9.69 Å². The van der Waals surface area contributed by atoms with Crippen molar-refractivity contribution in [2.75, 3.05) is 0 Å². The van der Waals surface area contributed by atoms with Crippen molar-refractivity contribution in [3.05, 3.63) is 0 Å². The van der Waals surface area contributed by atoms with E-state index in [-0.39, 0.29) is 24.0 Å². The zero-order valence-corrected chi connectivity index (χ0v) is 8.45. The van der Waals surface area contributed by atoms with Crippen LogP contribution in [0, 0.1) is 0 Å². The number of rotatable bonds is 4. The molecule has 4 nitrogen and oxygen atoms in total. The van der Waals surface area contributed by atoms with Crippen molar-refractivity contribution < 1.29 is 9.59 Å². The first-order chi connectivity index (χ1) is 6.74. The molecule has 1 saturated heterocycles. The molecule has 0 spiro atoms. The number of hydrogen-bond donors (Lipinski definition) is 1. The second-order valence-corrected chi connectivity index (χ2v) is 4.08. The number of hydrogen-bond acceptors (Lipinski definition) is 2. The van der Waals surface area contributed by atoms with Gasteiger partial charge in [-0.05, 0) is 19.3 Å². The van der Waals surface area contributed by atoms with Gasteiger partial charge in [0, 0.05) is 6.04 Å². The molecule has 0 radical (unpaired) electrons. The normalized spacial score (nSPS) is 26.9. The number of carbonyl (C=O) groups is 2. The number of unbranched alkanes of at least 4 members (excludes halogenated alkanes) is 1. The molecule has 14 heavy (non-hydrogen) atoms. The van der Waals surface area contributed by atoms with Crippen LogP contribution in [0.5, 0.6) is 0 Å². The number of amides is 3. The Morgan fingerprint density at radius 3 is 2.71 bits per heavy atom. The second-order valence-electron chi connectivity index (χ2n) is 4.08. The topological polar surface area (TPSA) is 49.4 Å². The zero-order valence-electron chi connectivity index (χ0n) is 8.45. The molecule has 0 aromatic rings. The third-order valence-corrected chi connectivity index (χ3v) is 2.81. The molecule has 0 aromatic carbocycles. The van der Waals surface area contributed by atoms with Gasteiger partial charge >= 0.3 is 6.03 Å². The molecule has 3 amide bonds. The molecule has 4 heteroatoms. The van der Waals surface area contributed by atoms with Gasteiger partial charge in [0.25, 0.3) is 5.91 Å². The first-order valence-electron chi connectivity index (χ1n) is 5.37. The summed E-state index contributed by atoms with van der Waals surface area (Å²) >= 11 is 0. The molecule has 78 valence electrons. The summed E-state index contributed by atoms with van der Waals surface area (Å²) < 4.78 is 0. The molecule has 1 aliphatic carbocycles. The zero-order chi connectivity index (χ0) is 10.1. The van der Waals surface area contributed by atoms with Crippen molar-refractivity contribution in [2.24, 2.45) is 0 Å². The Bertz CT molecular complexity index is 261. The predicted octanol–water partition coefficient (Wildman–Crippen LogP) is 1.26. The van der Waals surface area contributed by atoms with Gasteiger partial charge in [-0.1, -0.05) is 19.8 Å². The molecule has 2 fully saturated rings. The van der Waals surface area contributed by atoms with Gasteiger partial charge in [-0.15, -0.1) is 0 Å². The highest BCUT2D eigenvalue weighted by atomic mass is 16.2. The number of nitrogens with one attached hydrogen (secondary N) is 1. The average molecular weight is 196 g/mol. The summed E-state index contributed by atoms with van der Waals surface area (Å²) in [6.45, 7) is 2.08. The largest absolute Gasteiger partial charge is 0.326 e. The molecule has 1 saturated carbocycles. The van der Waals surface area contributed by atoms with Crippen molar-refractivity contribution in [1.82, 2.24) is 10.2 Å². The van der Waals surface area contributed by atoms with Gasteiger partial charge in [0.05, 0.1) is 0 Å². The maximum Gasteiger partial charge on any atom is 0.325 e. The lowest BCUT2D eigenvalue weighted by Gasteiger charge is -2.10. The van der Waals surface area contributed by atoms with Crippen LogP contribution in [-0.4, -0.2) is 28.9 Å². The molecular formula is C10H16N2O2. The maximum atomic E-state index is 11.7. The van der Waals surface area contributed by atoms with Crippen molar-refractivity contribution >= 4 is 11.9 Å². The molecule has 0 bridgehead atoms. The monoisotopic (exact) mass is 196 g/mol. The minimum atomic E-state index is -0.247. The number of imide groups is 1. The summed E-state index contributed by atoms with van der Waals surface area (Å²) in [4.78, 5) is 24.6. The van der Waals surface area contributed by atoms with Gasteiger partial charge in [-0.2, -0.15) is 0 Å². The summed E-state index contributed by atoms with van der Waals surface area (Å²) in [5.41, 5.74) is 0. The number of urea groups is 1. The highest BCUT2D eigenvalue weighted by Gasteiger charge is 2.45. The third kappa shape index (κ3) is 1.61. The van der Waals surface area contributed by atoms with Crippen LogP contribution in [0.25, 0.3) is 0 Å². The van der Waals surface area contributed by atoms with Crippen LogP contribution >= 0.6 is 0 Å². The predicted molar refractivity (Wildman–Crippen MR) is 51.7 cm³/mol. The van der Waals surface area contributed by atoms with E-state index in [4.69, 9.17) is 0 Å². The molecule has 1 atom stereocenters. The van der Waals surface area contributed by atoms with E-state index in [9.17, 15) is 9.59 Å². The van der Waals surface area contributed by atoms with Crippen LogP contribution in [0.2, 0.25) is 0 Å². The Labute approximate surface area is 83.6 Å². The van der Waals surface area contributed by atoms with Crippen molar-refractivity contribution in [3.63, 3.8) is 0 Å². The van der Waals surface area contributed by atoms with Gasteiger partial charge < -0.3 is 5.32 Å². The first-order valence-corrected chi connectivity index (χ1v) is 5.37. The SMILES string of the molecule is CCCCC1NC(=O)N(C2CC2)C1=O. The van der Waals surface area contributed by atoms with Crippen LogP contribution in [0.3, 0.4) is 0 Å². The molecule has 1 unspecified atom stereocenters. The summed E-state index contributed by atoms with van der Waals surface area (Å²) in [6, 6.07) is -0.226. The fraction of sp³-hybridized carbons (Fsp3) is 0.800. The summed E-state index contributed by atoms with van der Waals surface area (Å²) in [5.74, 6) is -0.00838. The van der Waals surface area contributed by atoms with Crippen molar-refractivity contribution in [1.29, 1.82) is 0 Å². The fourth-order valence-electron chi connectivity index (χ4n) is 1.83. The molecule has 1 N–H and O–H groups in total. The quantitative estimate of drug-likeness (QED) is 0.688. The lowest BCUT2D eigenvalue weighted by molar-refractivity contribution is -0.128. The van der Waals surface area contributed by atoms with E-state index in [1.165, 1.54) is 4.90 Å². The molecular weight excluding hydrogens is 180 g/mol. The van der Waals surface area contributed by atoms with E-state index >= 15 is 0 Å². The summed E-state index contributed by atoms with van der Waals surface area (Å²) in [6.07, 6.45) is 4.81. The van der Waals surface area contributed by atoms with Gasteiger partial charge in [0.15, 0.2) is 0 Å². The first kappa shape index (κ1) is 9.49. The van der Waals surface area contributed by atoms with E-state index in [2.05, 4.69) is 12.2 Å². The lowest BCUT2D eigenvalue weighted by Crippen LogP contribution is -2.33. The Morgan fingerprint density at radius 2 is 2.14 bits per heavy atom. The summed E-state index contributed by atoms with van der Waals surface area (Å²) in [5, 5.41) is 2.75. The number of nitrogens with zero attached hydrogens (tertiary/aromatic N) is 1. The van der Waals surface area contributed by atoms with Crippen molar-refractivity contribution in [3.8, 4) is 0 Å². The molecule has 2 rings (SSSR count). The molecule has 2 aliphatic rings. The maximum absolute atomic E-state index is 11.7. The molecule has 1 heterocycles. The van der Waals surface area contributed by atoms with Crippen LogP contribution in [0.4, 0.5) is 4.79 Å². The Kier molecular flexibility index (Phi) is 2.44. The summed E-state index contributed by atoms with van der Waals surface area (Å²) in [7, 11) is 0. The van der Waals surface area contributed by atoms with Gasteiger partial charge in [0.2, 0.25) is 0 Å². The Hall–Kier alpha value is -1.06. The smallest absolute Gasteiger partial charge is 0.325 e. The van der Waals surface area contributed by atoms with Crippen LogP contribution in [0.1, 0.15) is 39.0 Å².